The number of ether oxygens (including phenoxy) is 2. The van der Waals surface area contributed by atoms with Crippen molar-refractivity contribution in [2.75, 3.05) is 19.5 Å². The van der Waals surface area contributed by atoms with Crippen molar-refractivity contribution in [3.8, 4) is 11.5 Å². The predicted molar refractivity (Wildman–Crippen MR) is 171 cm³/mol. The smallest absolute Gasteiger partial charge is 0.251 e. The molecular formula is C35H37N5O4. The molecule has 0 fully saturated rings. The summed E-state index contributed by atoms with van der Waals surface area (Å²) in [7, 11) is 3.10. The number of hydrogen-bond donors (Lipinski definition) is 1. The fourth-order valence-corrected chi connectivity index (χ4v) is 5.11. The van der Waals surface area contributed by atoms with Gasteiger partial charge in [-0.2, -0.15) is 0 Å². The van der Waals surface area contributed by atoms with Crippen LogP contribution in [0.3, 0.4) is 0 Å². The van der Waals surface area contributed by atoms with Crippen molar-refractivity contribution in [2.45, 2.75) is 45.8 Å². The van der Waals surface area contributed by atoms with Crippen LogP contribution in [0.4, 0.5) is 5.69 Å². The SMILES string of the molecule is COc1ccc(NC(=O)C(c2ccc(C(C)C)cc2)N(Cc2ccc(C)cc2)C(=O)Cn2nnc3ccccc32)c(OC)c1. The molecule has 1 N–H and O–H groups in total. The number of benzene rings is 4. The van der Waals surface area contributed by atoms with Crippen LogP contribution in [0.1, 0.15) is 48.1 Å². The fraction of sp³-hybridized carbons (Fsp3) is 0.257. The maximum absolute atomic E-state index is 14.3. The molecule has 1 atom stereocenters. The minimum absolute atomic E-state index is 0.0912. The van der Waals surface area contributed by atoms with Crippen molar-refractivity contribution in [3.63, 3.8) is 0 Å². The first-order valence-corrected chi connectivity index (χ1v) is 14.5. The van der Waals surface area contributed by atoms with Crippen molar-refractivity contribution < 1.29 is 19.1 Å². The molecule has 226 valence electrons. The highest BCUT2D eigenvalue weighted by molar-refractivity contribution is 5.99. The van der Waals surface area contributed by atoms with E-state index >= 15 is 0 Å². The monoisotopic (exact) mass is 591 g/mol. The van der Waals surface area contributed by atoms with E-state index in [4.69, 9.17) is 9.47 Å². The van der Waals surface area contributed by atoms with Gasteiger partial charge in [0.2, 0.25) is 5.91 Å². The van der Waals surface area contributed by atoms with Gasteiger partial charge in [-0.3, -0.25) is 9.59 Å². The van der Waals surface area contributed by atoms with Crippen LogP contribution in [0.25, 0.3) is 11.0 Å². The molecule has 5 aromatic rings. The van der Waals surface area contributed by atoms with Crippen molar-refractivity contribution >= 4 is 28.5 Å². The molecule has 0 saturated carbocycles. The van der Waals surface area contributed by atoms with Crippen LogP contribution in [0.5, 0.6) is 11.5 Å². The summed E-state index contributed by atoms with van der Waals surface area (Å²) in [6.45, 7) is 6.36. The number of aryl methyl sites for hydroxylation is 1. The van der Waals surface area contributed by atoms with Gasteiger partial charge in [-0.25, -0.2) is 4.68 Å². The summed E-state index contributed by atoms with van der Waals surface area (Å²) in [5.41, 5.74) is 5.71. The zero-order valence-electron chi connectivity index (χ0n) is 25.7. The number of carbonyl (C=O) groups excluding carboxylic acids is 2. The first-order chi connectivity index (χ1) is 21.3. The topological polar surface area (TPSA) is 98.6 Å². The molecule has 0 spiro atoms. The Morgan fingerprint density at radius 3 is 2.27 bits per heavy atom. The van der Waals surface area contributed by atoms with Crippen LogP contribution in [-0.4, -0.2) is 45.9 Å². The molecule has 0 aliphatic rings. The van der Waals surface area contributed by atoms with Gasteiger partial charge in [-0.05, 0) is 53.8 Å². The van der Waals surface area contributed by atoms with E-state index in [2.05, 4.69) is 29.5 Å². The minimum atomic E-state index is -0.966. The van der Waals surface area contributed by atoms with Gasteiger partial charge in [0.1, 0.15) is 29.6 Å². The van der Waals surface area contributed by atoms with Crippen molar-refractivity contribution in [1.29, 1.82) is 0 Å². The molecule has 0 bridgehead atoms. The van der Waals surface area contributed by atoms with Gasteiger partial charge in [0.25, 0.3) is 5.91 Å². The van der Waals surface area contributed by atoms with E-state index in [0.717, 1.165) is 22.2 Å². The highest BCUT2D eigenvalue weighted by Crippen LogP contribution is 2.32. The van der Waals surface area contributed by atoms with Crippen LogP contribution in [0.15, 0.2) is 91.0 Å². The van der Waals surface area contributed by atoms with Gasteiger partial charge in [0.15, 0.2) is 0 Å². The Morgan fingerprint density at radius 2 is 1.59 bits per heavy atom. The van der Waals surface area contributed by atoms with E-state index in [1.54, 1.807) is 34.9 Å². The number of rotatable bonds is 11. The van der Waals surface area contributed by atoms with Crippen molar-refractivity contribution in [3.05, 3.63) is 113 Å². The second kappa shape index (κ2) is 13.4. The van der Waals surface area contributed by atoms with Gasteiger partial charge in [-0.1, -0.05) is 85.3 Å². The maximum atomic E-state index is 14.3. The summed E-state index contributed by atoms with van der Waals surface area (Å²) in [4.78, 5) is 30.2. The fourth-order valence-electron chi connectivity index (χ4n) is 5.11. The number of para-hydroxylation sites is 1. The lowest BCUT2D eigenvalue weighted by molar-refractivity contribution is -0.140. The Balaban J connectivity index is 1.58. The molecule has 1 unspecified atom stereocenters. The van der Waals surface area contributed by atoms with E-state index in [1.165, 1.54) is 7.11 Å². The van der Waals surface area contributed by atoms with E-state index in [1.807, 2.05) is 79.7 Å². The number of hydrogen-bond acceptors (Lipinski definition) is 6. The Kier molecular flexibility index (Phi) is 9.23. The number of methoxy groups -OCH3 is 2. The van der Waals surface area contributed by atoms with Gasteiger partial charge in [0, 0.05) is 12.6 Å². The van der Waals surface area contributed by atoms with Crippen molar-refractivity contribution in [1.82, 2.24) is 19.9 Å². The molecule has 0 aliphatic heterocycles. The Hall–Kier alpha value is -5.18. The van der Waals surface area contributed by atoms with Gasteiger partial charge in [0.05, 0.1) is 25.4 Å². The molecule has 4 aromatic carbocycles. The van der Waals surface area contributed by atoms with Gasteiger partial charge in [-0.15, -0.1) is 5.10 Å². The highest BCUT2D eigenvalue weighted by atomic mass is 16.5. The zero-order chi connectivity index (χ0) is 31.2. The van der Waals surface area contributed by atoms with E-state index in [9.17, 15) is 9.59 Å². The Bertz CT molecular complexity index is 1750. The van der Waals surface area contributed by atoms with Crippen molar-refractivity contribution in [2.24, 2.45) is 0 Å². The van der Waals surface area contributed by atoms with Crippen LogP contribution in [0.2, 0.25) is 0 Å². The predicted octanol–water partition coefficient (Wildman–Crippen LogP) is 6.29. The second-order valence-corrected chi connectivity index (χ2v) is 11.0. The third-order valence-corrected chi connectivity index (χ3v) is 7.64. The molecule has 9 heteroatoms. The van der Waals surface area contributed by atoms with Gasteiger partial charge >= 0.3 is 0 Å². The molecule has 9 nitrogen and oxygen atoms in total. The summed E-state index contributed by atoms with van der Waals surface area (Å²) in [5, 5.41) is 11.5. The molecule has 0 saturated heterocycles. The number of aromatic nitrogens is 3. The number of nitrogens with zero attached hydrogens (tertiary/aromatic N) is 4. The molecule has 1 heterocycles. The van der Waals surface area contributed by atoms with Crippen LogP contribution in [-0.2, 0) is 22.7 Å². The van der Waals surface area contributed by atoms with Crippen LogP contribution < -0.4 is 14.8 Å². The summed E-state index contributed by atoms with van der Waals surface area (Å²) < 4.78 is 12.5. The number of nitrogens with one attached hydrogen (secondary N) is 1. The normalized spacial score (nSPS) is 11.8. The average molecular weight is 592 g/mol. The zero-order valence-corrected chi connectivity index (χ0v) is 25.7. The summed E-state index contributed by atoms with van der Waals surface area (Å²) in [5.74, 6) is 0.686. The number of anilines is 1. The lowest BCUT2D eigenvalue weighted by Gasteiger charge is -2.32. The Labute approximate surface area is 257 Å². The highest BCUT2D eigenvalue weighted by Gasteiger charge is 2.33. The molecule has 5 rings (SSSR count). The third-order valence-electron chi connectivity index (χ3n) is 7.64. The molecule has 44 heavy (non-hydrogen) atoms. The average Bonchev–Trinajstić information content (AvgIpc) is 3.44. The summed E-state index contributed by atoms with van der Waals surface area (Å²) >= 11 is 0. The van der Waals surface area contributed by atoms with Gasteiger partial charge < -0.3 is 19.7 Å². The second-order valence-electron chi connectivity index (χ2n) is 11.0. The first kappa shape index (κ1) is 30.3. The quantitative estimate of drug-likeness (QED) is 0.194. The van der Waals surface area contributed by atoms with Crippen LogP contribution in [0, 0.1) is 6.92 Å². The van der Waals surface area contributed by atoms with E-state index in [0.29, 0.717) is 34.2 Å². The van der Waals surface area contributed by atoms with E-state index < -0.39 is 6.04 Å². The lowest BCUT2D eigenvalue weighted by Crippen LogP contribution is -2.42. The Morgan fingerprint density at radius 1 is 0.886 bits per heavy atom. The molecule has 2 amide bonds. The molecular weight excluding hydrogens is 554 g/mol. The van der Waals surface area contributed by atoms with Crippen LogP contribution >= 0.6 is 0 Å². The standard InChI is InChI=1S/C35H37N5O4/c1-23(2)26-14-16-27(17-15-26)34(35(42)36-30-19-18-28(43-4)20-32(30)44-5)39(21-25-12-10-24(3)11-13-25)33(41)22-40-31-9-7-6-8-29(31)37-38-40/h6-20,23,34H,21-22H2,1-5H3,(H,36,42). The number of amides is 2. The molecule has 0 radical (unpaired) electrons. The largest absolute Gasteiger partial charge is 0.497 e. The lowest BCUT2D eigenvalue weighted by atomic mass is 9.97. The number of carbonyl (C=O) groups is 2. The first-order valence-electron chi connectivity index (χ1n) is 14.5. The summed E-state index contributed by atoms with van der Waals surface area (Å²) in [6.07, 6.45) is 0. The molecule has 0 aliphatic carbocycles. The summed E-state index contributed by atoms with van der Waals surface area (Å²) in [6, 6.07) is 27.5. The number of fused-ring (bicyclic) bond motifs is 1. The minimum Gasteiger partial charge on any atom is -0.497 e. The third kappa shape index (κ3) is 6.72. The molecule has 1 aromatic heterocycles. The maximum Gasteiger partial charge on any atom is 0.251 e. The van der Waals surface area contributed by atoms with E-state index in [-0.39, 0.29) is 24.9 Å².